The minimum atomic E-state index is -0.0376. The van der Waals surface area contributed by atoms with Gasteiger partial charge in [-0.2, -0.15) is 0 Å². The Labute approximate surface area is 175 Å². The number of amides is 1. The zero-order chi connectivity index (χ0) is 20.5. The van der Waals surface area contributed by atoms with Crippen molar-refractivity contribution in [3.63, 3.8) is 0 Å². The fourth-order valence-corrected chi connectivity index (χ4v) is 4.40. The highest BCUT2D eigenvalue weighted by Crippen LogP contribution is 2.34. The van der Waals surface area contributed by atoms with Gasteiger partial charge in [-0.1, -0.05) is 30.3 Å². The molecule has 1 N–H and O–H groups in total. The van der Waals surface area contributed by atoms with Crippen LogP contribution in [0.1, 0.15) is 36.1 Å². The molecule has 1 fully saturated rings. The Hall–Kier alpha value is -3.18. The number of hydrogen-bond donors (Lipinski definition) is 1. The number of carbonyl (C=O) groups is 1. The number of nitrogens with zero attached hydrogens (tertiary/aromatic N) is 1. The summed E-state index contributed by atoms with van der Waals surface area (Å²) in [6, 6.07) is 15.4. The Morgan fingerprint density at radius 1 is 1.07 bits per heavy atom. The molecular formula is C25H24N2O3. The molecule has 3 aromatic rings. The summed E-state index contributed by atoms with van der Waals surface area (Å²) in [7, 11) is 0. The van der Waals surface area contributed by atoms with Crippen LogP contribution in [0.4, 0.5) is 5.69 Å². The second-order valence-electron chi connectivity index (χ2n) is 8.06. The first-order valence-electron chi connectivity index (χ1n) is 10.6. The lowest BCUT2D eigenvalue weighted by atomic mass is 10.1. The summed E-state index contributed by atoms with van der Waals surface area (Å²) in [4.78, 5) is 27.5. The van der Waals surface area contributed by atoms with Gasteiger partial charge in [0.15, 0.2) is 5.43 Å². The molecule has 5 nitrogen and oxygen atoms in total. The number of hydrogen-bond acceptors (Lipinski definition) is 4. The summed E-state index contributed by atoms with van der Waals surface area (Å²) in [5.41, 5.74) is 4.07. The van der Waals surface area contributed by atoms with Crippen LogP contribution in [-0.4, -0.2) is 30.4 Å². The summed E-state index contributed by atoms with van der Waals surface area (Å²) in [5.74, 6) is 0.640. The number of allylic oxidation sites excluding steroid dienone is 1. The lowest BCUT2D eigenvalue weighted by Gasteiger charge is -2.14. The summed E-state index contributed by atoms with van der Waals surface area (Å²) in [5, 5.41) is 3.50. The predicted molar refractivity (Wildman–Crippen MR) is 119 cm³/mol. The van der Waals surface area contributed by atoms with Crippen LogP contribution in [0.2, 0.25) is 0 Å². The molecule has 2 heterocycles. The molecule has 1 aliphatic heterocycles. The molecule has 1 aromatic heterocycles. The Bertz CT molecular complexity index is 1190. The van der Waals surface area contributed by atoms with Crippen LogP contribution in [0.3, 0.4) is 0 Å². The van der Waals surface area contributed by atoms with Gasteiger partial charge < -0.3 is 9.73 Å². The lowest BCUT2D eigenvalue weighted by Crippen LogP contribution is -2.30. The number of carbonyl (C=O) groups excluding carboxylic acids is 1. The van der Waals surface area contributed by atoms with E-state index in [2.05, 4.69) is 16.3 Å². The monoisotopic (exact) mass is 400 g/mol. The van der Waals surface area contributed by atoms with E-state index in [-0.39, 0.29) is 11.3 Å². The van der Waals surface area contributed by atoms with Crippen LogP contribution in [-0.2, 0) is 11.2 Å². The maximum atomic E-state index is 13.0. The van der Waals surface area contributed by atoms with Crippen LogP contribution >= 0.6 is 0 Å². The van der Waals surface area contributed by atoms with Crippen molar-refractivity contribution in [3.05, 3.63) is 75.6 Å². The van der Waals surface area contributed by atoms with Crippen molar-refractivity contribution >= 4 is 34.2 Å². The highest BCUT2D eigenvalue weighted by molar-refractivity contribution is 5.95. The molecule has 0 radical (unpaired) electrons. The number of anilines is 1. The van der Waals surface area contributed by atoms with E-state index in [1.165, 1.54) is 0 Å². The number of rotatable bonds is 4. The fourth-order valence-electron chi connectivity index (χ4n) is 4.40. The topological polar surface area (TPSA) is 62.6 Å². The third-order valence-corrected chi connectivity index (χ3v) is 5.91. The Balaban J connectivity index is 1.46. The van der Waals surface area contributed by atoms with Crippen LogP contribution in [0.25, 0.3) is 22.6 Å². The van der Waals surface area contributed by atoms with Crippen molar-refractivity contribution in [2.45, 2.75) is 25.7 Å². The third-order valence-electron chi connectivity index (χ3n) is 5.91. The van der Waals surface area contributed by atoms with Crippen LogP contribution in [0.5, 0.6) is 0 Å². The summed E-state index contributed by atoms with van der Waals surface area (Å²) in [6.07, 6.45) is 5.87. The molecule has 0 unspecified atom stereocenters. The maximum Gasteiger partial charge on any atom is 0.238 e. The first-order chi connectivity index (χ1) is 14.7. The summed E-state index contributed by atoms with van der Waals surface area (Å²) in [6.45, 7) is 2.35. The van der Waals surface area contributed by atoms with E-state index in [1.54, 1.807) is 18.2 Å². The standard InChI is InChI=1S/C25H24N2O3/c28-23(16-27-12-4-5-13-27)26-19-9-11-20-22(15-19)30-25-18(8-10-21(25)24(20)29)14-17-6-2-1-3-7-17/h1-3,6-7,9,11,14-15H,4-5,8,10,12-13,16H2,(H,26,28). The number of nitrogens with one attached hydrogen (secondary N) is 1. The molecule has 1 amide bonds. The molecule has 2 aliphatic rings. The average Bonchev–Trinajstić information content (AvgIpc) is 3.39. The lowest BCUT2D eigenvalue weighted by molar-refractivity contribution is -0.117. The maximum absolute atomic E-state index is 13.0. The number of likely N-dealkylation sites (tertiary alicyclic amines) is 1. The van der Waals surface area contributed by atoms with Gasteiger partial charge in [-0.05, 0) is 68.1 Å². The van der Waals surface area contributed by atoms with Gasteiger partial charge in [0.1, 0.15) is 11.3 Å². The van der Waals surface area contributed by atoms with Gasteiger partial charge in [0.05, 0.1) is 11.9 Å². The Morgan fingerprint density at radius 2 is 1.87 bits per heavy atom. The van der Waals surface area contributed by atoms with Gasteiger partial charge in [0, 0.05) is 17.3 Å². The van der Waals surface area contributed by atoms with Crippen molar-refractivity contribution < 1.29 is 9.21 Å². The van der Waals surface area contributed by atoms with Gasteiger partial charge >= 0.3 is 0 Å². The molecule has 5 rings (SSSR count). The van der Waals surface area contributed by atoms with E-state index in [0.29, 0.717) is 35.4 Å². The quantitative estimate of drug-likeness (QED) is 0.709. The van der Waals surface area contributed by atoms with Crippen molar-refractivity contribution in [1.82, 2.24) is 4.90 Å². The minimum Gasteiger partial charge on any atom is -0.456 e. The molecule has 152 valence electrons. The molecule has 0 atom stereocenters. The van der Waals surface area contributed by atoms with E-state index in [9.17, 15) is 9.59 Å². The van der Waals surface area contributed by atoms with E-state index >= 15 is 0 Å². The van der Waals surface area contributed by atoms with Gasteiger partial charge in [0.25, 0.3) is 0 Å². The van der Waals surface area contributed by atoms with E-state index in [4.69, 9.17) is 4.42 Å². The van der Waals surface area contributed by atoms with Gasteiger partial charge in [-0.25, -0.2) is 0 Å². The van der Waals surface area contributed by atoms with Crippen molar-refractivity contribution in [2.24, 2.45) is 0 Å². The summed E-state index contributed by atoms with van der Waals surface area (Å²) < 4.78 is 6.20. The van der Waals surface area contributed by atoms with Gasteiger partial charge in [-0.3, -0.25) is 14.5 Å². The Kier molecular flexibility index (Phi) is 4.97. The van der Waals surface area contributed by atoms with Crippen LogP contribution in [0.15, 0.2) is 57.7 Å². The molecule has 0 saturated carbocycles. The average molecular weight is 400 g/mol. The van der Waals surface area contributed by atoms with Crippen molar-refractivity contribution in [1.29, 1.82) is 0 Å². The molecular weight excluding hydrogens is 376 g/mol. The minimum absolute atomic E-state index is 0.0256. The largest absolute Gasteiger partial charge is 0.456 e. The zero-order valence-corrected chi connectivity index (χ0v) is 16.8. The molecule has 1 aliphatic carbocycles. The highest BCUT2D eigenvalue weighted by atomic mass is 16.3. The summed E-state index contributed by atoms with van der Waals surface area (Å²) >= 11 is 0. The normalized spacial score (nSPS) is 17.5. The van der Waals surface area contributed by atoms with E-state index in [0.717, 1.165) is 49.1 Å². The Morgan fingerprint density at radius 3 is 2.67 bits per heavy atom. The number of benzene rings is 2. The van der Waals surface area contributed by atoms with Crippen LogP contribution < -0.4 is 10.7 Å². The van der Waals surface area contributed by atoms with Crippen molar-refractivity contribution in [3.8, 4) is 0 Å². The molecule has 0 spiro atoms. The molecule has 0 bridgehead atoms. The second-order valence-corrected chi connectivity index (χ2v) is 8.06. The SMILES string of the molecule is O=C(CN1CCCC1)Nc1ccc2c(=O)c3c(oc2c1)C(=Cc1ccccc1)CC3. The molecule has 2 aromatic carbocycles. The zero-order valence-electron chi connectivity index (χ0n) is 16.8. The van der Waals surface area contributed by atoms with Crippen LogP contribution in [0, 0.1) is 0 Å². The van der Waals surface area contributed by atoms with E-state index < -0.39 is 0 Å². The van der Waals surface area contributed by atoms with Crippen molar-refractivity contribution in [2.75, 3.05) is 25.0 Å². The second kappa shape index (κ2) is 7.92. The fraction of sp³-hybridized carbons (Fsp3) is 0.280. The first kappa shape index (κ1) is 18.8. The molecule has 5 heteroatoms. The van der Waals surface area contributed by atoms with Gasteiger partial charge in [-0.15, -0.1) is 0 Å². The third kappa shape index (κ3) is 3.68. The highest BCUT2D eigenvalue weighted by Gasteiger charge is 2.24. The first-order valence-corrected chi connectivity index (χ1v) is 10.6. The van der Waals surface area contributed by atoms with E-state index in [1.807, 2.05) is 30.3 Å². The number of fused-ring (bicyclic) bond motifs is 2. The molecule has 1 saturated heterocycles. The smallest absolute Gasteiger partial charge is 0.238 e. The predicted octanol–water partition coefficient (Wildman–Crippen LogP) is 4.31. The molecule has 30 heavy (non-hydrogen) atoms. The van der Waals surface area contributed by atoms with Gasteiger partial charge in [0.2, 0.25) is 5.91 Å².